The number of para-hydroxylation sites is 1. The van der Waals surface area contributed by atoms with Crippen LogP contribution in [0.25, 0.3) is 0 Å². The number of carbonyl (C=O) groups excluding carboxylic acids is 1. The second-order valence-electron chi connectivity index (χ2n) is 5.08. The molecule has 0 atom stereocenters. The predicted octanol–water partition coefficient (Wildman–Crippen LogP) is 1.91. The van der Waals surface area contributed by atoms with Gasteiger partial charge in [-0.05, 0) is 24.3 Å². The summed E-state index contributed by atoms with van der Waals surface area (Å²) in [7, 11) is 0. The Hall–Kier alpha value is -2.23. The maximum absolute atomic E-state index is 12.2. The molecule has 1 N–H and O–H groups in total. The SMILES string of the molecule is O=C(Cc1ccc[nH]1)N1CCN(c2ccccc2)CC1. The fourth-order valence-corrected chi connectivity index (χ4v) is 2.61. The standard InChI is InChI=1S/C16H19N3O/c20-16(13-14-5-4-8-17-14)19-11-9-18(10-12-19)15-6-2-1-3-7-15/h1-8,17H,9-13H2. The van der Waals surface area contributed by atoms with E-state index in [-0.39, 0.29) is 5.91 Å². The fourth-order valence-electron chi connectivity index (χ4n) is 2.61. The summed E-state index contributed by atoms with van der Waals surface area (Å²) in [5.74, 6) is 0.208. The zero-order valence-electron chi connectivity index (χ0n) is 11.5. The van der Waals surface area contributed by atoms with Gasteiger partial charge in [0, 0.05) is 43.8 Å². The Labute approximate surface area is 119 Å². The molecule has 1 aliphatic rings. The molecule has 1 fully saturated rings. The lowest BCUT2D eigenvalue weighted by atomic mass is 10.2. The fraction of sp³-hybridized carbons (Fsp3) is 0.312. The minimum Gasteiger partial charge on any atom is -0.368 e. The first kappa shape index (κ1) is 12.8. The van der Waals surface area contributed by atoms with Crippen molar-refractivity contribution in [3.05, 3.63) is 54.4 Å². The van der Waals surface area contributed by atoms with Gasteiger partial charge in [-0.15, -0.1) is 0 Å². The van der Waals surface area contributed by atoms with Crippen LogP contribution in [-0.2, 0) is 11.2 Å². The number of rotatable bonds is 3. The van der Waals surface area contributed by atoms with E-state index in [0.717, 1.165) is 31.9 Å². The van der Waals surface area contributed by atoms with E-state index in [1.54, 1.807) is 0 Å². The summed E-state index contributed by atoms with van der Waals surface area (Å²) < 4.78 is 0. The number of nitrogens with zero attached hydrogens (tertiary/aromatic N) is 2. The molecule has 0 unspecified atom stereocenters. The first-order valence-corrected chi connectivity index (χ1v) is 7.03. The smallest absolute Gasteiger partial charge is 0.228 e. The Morgan fingerprint density at radius 1 is 1.00 bits per heavy atom. The number of hydrogen-bond acceptors (Lipinski definition) is 2. The highest BCUT2D eigenvalue weighted by Gasteiger charge is 2.21. The average molecular weight is 269 g/mol. The van der Waals surface area contributed by atoms with Gasteiger partial charge < -0.3 is 14.8 Å². The predicted molar refractivity (Wildman–Crippen MR) is 79.7 cm³/mol. The molecule has 1 saturated heterocycles. The van der Waals surface area contributed by atoms with Crippen LogP contribution in [0.3, 0.4) is 0 Å². The van der Waals surface area contributed by atoms with Crippen molar-refractivity contribution in [2.45, 2.75) is 6.42 Å². The molecule has 0 radical (unpaired) electrons. The van der Waals surface area contributed by atoms with E-state index >= 15 is 0 Å². The summed E-state index contributed by atoms with van der Waals surface area (Å²) >= 11 is 0. The lowest BCUT2D eigenvalue weighted by molar-refractivity contribution is -0.130. The molecule has 3 rings (SSSR count). The zero-order chi connectivity index (χ0) is 13.8. The maximum atomic E-state index is 12.2. The molecule has 0 spiro atoms. The molecule has 1 aliphatic heterocycles. The largest absolute Gasteiger partial charge is 0.368 e. The number of carbonyl (C=O) groups is 1. The van der Waals surface area contributed by atoms with E-state index < -0.39 is 0 Å². The third-order valence-corrected chi connectivity index (χ3v) is 3.76. The average Bonchev–Trinajstić information content (AvgIpc) is 3.01. The van der Waals surface area contributed by atoms with E-state index in [2.05, 4.69) is 34.1 Å². The van der Waals surface area contributed by atoms with Gasteiger partial charge in [-0.1, -0.05) is 18.2 Å². The molecule has 2 heterocycles. The van der Waals surface area contributed by atoms with Gasteiger partial charge in [0.1, 0.15) is 0 Å². The number of piperazine rings is 1. The summed E-state index contributed by atoms with van der Waals surface area (Å²) in [5, 5.41) is 0. The Kier molecular flexibility index (Phi) is 3.72. The summed E-state index contributed by atoms with van der Waals surface area (Å²) in [6.07, 6.45) is 2.33. The molecule has 104 valence electrons. The molecule has 1 aromatic heterocycles. The third kappa shape index (κ3) is 2.85. The first-order valence-electron chi connectivity index (χ1n) is 7.03. The van der Waals surface area contributed by atoms with Gasteiger partial charge in [0.05, 0.1) is 6.42 Å². The number of H-pyrrole nitrogens is 1. The van der Waals surface area contributed by atoms with Gasteiger partial charge in [-0.3, -0.25) is 4.79 Å². The van der Waals surface area contributed by atoms with E-state index in [0.29, 0.717) is 6.42 Å². The molecule has 0 saturated carbocycles. The molecule has 2 aromatic rings. The second-order valence-corrected chi connectivity index (χ2v) is 5.08. The van der Waals surface area contributed by atoms with Crippen molar-refractivity contribution in [1.82, 2.24) is 9.88 Å². The van der Waals surface area contributed by atoms with E-state index in [1.165, 1.54) is 5.69 Å². The third-order valence-electron chi connectivity index (χ3n) is 3.76. The Bertz CT molecular complexity index is 542. The van der Waals surface area contributed by atoms with Crippen molar-refractivity contribution < 1.29 is 4.79 Å². The number of hydrogen-bond donors (Lipinski definition) is 1. The molecule has 1 aromatic carbocycles. The molecule has 0 aliphatic carbocycles. The molecule has 20 heavy (non-hydrogen) atoms. The number of benzene rings is 1. The Balaban J connectivity index is 1.54. The minimum atomic E-state index is 0.208. The minimum absolute atomic E-state index is 0.208. The van der Waals surface area contributed by atoms with Gasteiger partial charge in [0.15, 0.2) is 0 Å². The van der Waals surface area contributed by atoms with Crippen molar-refractivity contribution in [3.8, 4) is 0 Å². The molecule has 0 bridgehead atoms. The van der Waals surface area contributed by atoms with Crippen LogP contribution < -0.4 is 4.90 Å². The van der Waals surface area contributed by atoms with Crippen molar-refractivity contribution in [2.24, 2.45) is 0 Å². The Morgan fingerprint density at radius 3 is 2.40 bits per heavy atom. The summed E-state index contributed by atoms with van der Waals surface area (Å²) in [4.78, 5) is 19.6. The lowest BCUT2D eigenvalue weighted by Crippen LogP contribution is -2.49. The number of aromatic nitrogens is 1. The highest BCUT2D eigenvalue weighted by Crippen LogP contribution is 2.15. The van der Waals surface area contributed by atoms with E-state index in [9.17, 15) is 4.79 Å². The first-order chi connectivity index (χ1) is 9.83. The molecular formula is C16H19N3O. The zero-order valence-corrected chi connectivity index (χ0v) is 11.5. The van der Waals surface area contributed by atoms with Crippen molar-refractivity contribution in [3.63, 3.8) is 0 Å². The molecule has 1 amide bonds. The number of aromatic amines is 1. The van der Waals surface area contributed by atoms with E-state index in [4.69, 9.17) is 0 Å². The summed E-state index contributed by atoms with van der Waals surface area (Å²) in [6, 6.07) is 14.3. The van der Waals surface area contributed by atoms with Gasteiger partial charge in [0.25, 0.3) is 0 Å². The van der Waals surface area contributed by atoms with Gasteiger partial charge >= 0.3 is 0 Å². The lowest BCUT2D eigenvalue weighted by Gasteiger charge is -2.36. The molecular weight excluding hydrogens is 250 g/mol. The van der Waals surface area contributed by atoms with Gasteiger partial charge in [-0.25, -0.2) is 0 Å². The van der Waals surface area contributed by atoms with Crippen LogP contribution in [0, 0.1) is 0 Å². The van der Waals surface area contributed by atoms with Crippen LogP contribution in [0.2, 0.25) is 0 Å². The highest BCUT2D eigenvalue weighted by molar-refractivity contribution is 5.78. The maximum Gasteiger partial charge on any atom is 0.228 e. The normalized spacial score (nSPS) is 15.4. The van der Waals surface area contributed by atoms with Crippen molar-refractivity contribution in [1.29, 1.82) is 0 Å². The van der Waals surface area contributed by atoms with Crippen molar-refractivity contribution >= 4 is 11.6 Å². The highest BCUT2D eigenvalue weighted by atomic mass is 16.2. The topological polar surface area (TPSA) is 39.3 Å². The van der Waals surface area contributed by atoms with Crippen LogP contribution in [0.1, 0.15) is 5.69 Å². The number of anilines is 1. The van der Waals surface area contributed by atoms with Crippen LogP contribution in [0.5, 0.6) is 0 Å². The molecule has 4 heteroatoms. The van der Waals surface area contributed by atoms with Gasteiger partial charge in [0.2, 0.25) is 5.91 Å². The van der Waals surface area contributed by atoms with Crippen LogP contribution in [-0.4, -0.2) is 42.0 Å². The van der Waals surface area contributed by atoms with E-state index in [1.807, 2.05) is 29.3 Å². The van der Waals surface area contributed by atoms with Crippen LogP contribution in [0.15, 0.2) is 48.7 Å². The Morgan fingerprint density at radius 2 is 1.75 bits per heavy atom. The van der Waals surface area contributed by atoms with Crippen LogP contribution >= 0.6 is 0 Å². The van der Waals surface area contributed by atoms with Crippen LogP contribution in [0.4, 0.5) is 5.69 Å². The summed E-state index contributed by atoms with van der Waals surface area (Å²) in [6.45, 7) is 3.41. The quantitative estimate of drug-likeness (QED) is 0.924. The monoisotopic (exact) mass is 269 g/mol. The summed E-state index contributed by atoms with van der Waals surface area (Å²) in [5.41, 5.74) is 2.23. The molecule has 4 nitrogen and oxygen atoms in total. The number of nitrogens with one attached hydrogen (secondary N) is 1. The number of amides is 1. The van der Waals surface area contributed by atoms with Gasteiger partial charge in [-0.2, -0.15) is 0 Å². The van der Waals surface area contributed by atoms with Crippen molar-refractivity contribution in [2.75, 3.05) is 31.1 Å². The second kappa shape index (κ2) is 5.82.